The van der Waals surface area contributed by atoms with Gasteiger partial charge in [-0.05, 0) is 23.1 Å². The molecule has 0 aliphatic heterocycles. The van der Waals surface area contributed by atoms with Gasteiger partial charge in [0, 0.05) is 17.3 Å². The van der Waals surface area contributed by atoms with Gasteiger partial charge in [-0.2, -0.15) is 4.98 Å². The lowest BCUT2D eigenvalue weighted by Crippen LogP contribution is -2.05. The third kappa shape index (κ3) is 2.40. The molecule has 26 heavy (non-hydrogen) atoms. The summed E-state index contributed by atoms with van der Waals surface area (Å²) in [4.78, 5) is 19.5. The van der Waals surface area contributed by atoms with Gasteiger partial charge in [-0.15, -0.1) is 0 Å². The van der Waals surface area contributed by atoms with Crippen LogP contribution in [0.2, 0.25) is 0 Å². The molecule has 1 N–H and O–H groups in total. The van der Waals surface area contributed by atoms with Crippen molar-refractivity contribution in [2.24, 2.45) is 0 Å². The van der Waals surface area contributed by atoms with Crippen molar-refractivity contribution in [2.45, 2.75) is 0 Å². The van der Waals surface area contributed by atoms with Crippen molar-refractivity contribution in [1.29, 1.82) is 0 Å². The number of hydrogen-bond acceptors (Lipinski definition) is 3. The highest BCUT2D eigenvalue weighted by atomic mass is 16.3. The molecule has 3 aromatic heterocycles. The smallest absolute Gasteiger partial charge is 0.275 e. The van der Waals surface area contributed by atoms with Gasteiger partial charge < -0.3 is 9.40 Å². The van der Waals surface area contributed by atoms with Gasteiger partial charge >= 0.3 is 0 Å². The summed E-state index contributed by atoms with van der Waals surface area (Å²) in [5, 5.41) is 1.80. The van der Waals surface area contributed by atoms with E-state index in [1.807, 2.05) is 66.7 Å². The number of hydrogen-bond donors (Lipinski definition) is 1. The third-order valence-electron chi connectivity index (χ3n) is 4.46. The molecule has 0 fully saturated rings. The second kappa shape index (κ2) is 5.70. The first kappa shape index (κ1) is 14.7. The zero-order valence-electron chi connectivity index (χ0n) is 13.8. The molecule has 0 aliphatic rings. The average molecular weight is 338 g/mol. The highest BCUT2D eigenvalue weighted by molar-refractivity contribution is 6.06. The quantitative estimate of drug-likeness (QED) is 0.492. The van der Waals surface area contributed by atoms with Crippen LogP contribution in [0.3, 0.4) is 0 Å². The Balaban J connectivity index is 1.87. The van der Waals surface area contributed by atoms with Gasteiger partial charge in [0.05, 0.1) is 10.9 Å². The predicted octanol–water partition coefficient (Wildman–Crippen LogP) is 5.00. The maximum absolute atomic E-state index is 12.1. The SMILES string of the molecule is O=c1cc2[nH]c(-c3ccccc3)cc3cc(-c4ccccc4)oc(n1)c32. The van der Waals surface area contributed by atoms with Crippen molar-refractivity contribution in [3.05, 3.63) is 89.2 Å². The summed E-state index contributed by atoms with van der Waals surface area (Å²) in [6.45, 7) is 0. The molecule has 0 radical (unpaired) electrons. The van der Waals surface area contributed by atoms with Crippen LogP contribution in [0, 0.1) is 0 Å². The molecule has 0 saturated carbocycles. The second-order valence-electron chi connectivity index (χ2n) is 6.17. The first-order chi connectivity index (χ1) is 12.8. The highest BCUT2D eigenvalue weighted by Crippen LogP contribution is 2.32. The summed E-state index contributed by atoms with van der Waals surface area (Å²) in [5.74, 6) is 0.683. The number of H-pyrrole nitrogens is 1. The average Bonchev–Trinajstić information content (AvgIpc) is 2.68. The van der Waals surface area contributed by atoms with Crippen LogP contribution < -0.4 is 5.56 Å². The van der Waals surface area contributed by atoms with E-state index in [1.54, 1.807) is 0 Å². The Kier molecular flexibility index (Phi) is 3.22. The monoisotopic (exact) mass is 338 g/mol. The lowest BCUT2D eigenvalue weighted by Gasteiger charge is -2.10. The minimum atomic E-state index is -0.325. The normalized spacial score (nSPS) is 11.2. The number of nitrogens with one attached hydrogen (secondary N) is 1. The van der Waals surface area contributed by atoms with Crippen LogP contribution in [0.4, 0.5) is 0 Å². The summed E-state index contributed by atoms with van der Waals surface area (Å²) in [6, 6.07) is 25.4. The molecule has 0 unspecified atom stereocenters. The molecule has 124 valence electrons. The van der Waals surface area contributed by atoms with E-state index in [0.717, 1.165) is 33.1 Å². The molecule has 4 nitrogen and oxygen atoms in total. The van der Waals surface area contributed by atoms with E-state index < -0.39 is 0 Å². The van der Waals surface area contributed by atoms with E-state index in [-0.39, 0.29) is 5.56 Å². The zero-order valence-corrected chi connectivity index (χ0v) is 13.8. The van der Waals surface area contributed by atoms with Gasteiger partial charge in [0.25, 0.3) is 5.56 Å². The Labute approximate surface area is 148 Å². The van der Waals surface area contributed by atoms with E-state index in [4.69, 9.17) is 4.42 Å². The summed E-state index contributed by atoms with van der Waals surface area (Å²) in [6.07, 6.45) is 0. The Bertz CT molecular complexity index is 1190. The van der Waals surface area contributed by atoms with Gasteiger partial charge in [-0.25, -0.2) is 0 Å². The molecule has 0 bridgehead atoms. The zero-order chi connectivity index (χ0) is 17.5. The topological polar surface area (TPSA) is 58.9 Å². The summed E-state index contributed by atoms with van der Waals surface area (Å²) >= 11 is 0. The molecule has 5 aromatic rings. The molecule has 0 amide bonds. The lowest BCUT2D eigenvalue weighted by atomic mass is 10.0. The minimum absolute atomic E-state index is 0.325. The molecule has 5 rings (SSSR count). The van der Waals surface area contributed by atoms with Crippen LogP contribution in [-0.2, 0) is 0 Å². The number of aromatic nitrogens is 2. The van der Waals surface area contributed by atoms with Crippen LogP contribution >= 0.6 is 0 Å². The summed E-state index contributed by atoms with van der Waals surface area (Å²) < 4.78 is 5.95. The molecular formula is C22H14N2O2. The van der Waals surface area contributed by atoms with Crippen LogP contribution in [0.1, 0.15) is 0 Å². The van der Waals surface area contributed by atoms with Gasteiger partial charge in [0.15, 0.2) is 0 Å². The van der Waals surface area contributed by atoms with Crippen molar-refractivity contribution in [1.82, 2.24) is 9.97 Å². The molecule has 3 heterocycles. The van der Waals surface area contributed by atoms with Gasteiger partial charge in [-0.1, -0.05) is 60.7 Å². The molecule has 0 saturated heterocycles. The maximum atomic E-state index is 12.1. The standard InChI is InChI=1S/C22H14N2O2/c25-20-13-18-21-16(11-17(23-18)14-7-3-1-4-8-14)12-19(26-22(21)24-20)15-9-5-2-6-10-15/h1-13,23H. The Morgan fingerprint density at radius 2 is 1.50 bits per heavy atom. The molecular weight excluding hydrogens is 324 g/mol. The van der Waals surface area contributed by atoms with E-state index in [0.29, 0.717) is 11.5 Å². The summed E-state index contributed by atoms with van der Waals surface area (Å²) in [7, 11) is 0. The number of pyridine rings is 2. The van der Waals surface area contributed by atoms with Crippen molar-refractivity contribution in [2.75, 3.05) is 0 Å². The van der Waals surface area contributed by atoms with Crippen LogP contribution in [-0.4, -0.2) is 9.97 Å². The number of aromatic amines is 1. The first-order valence-electron chi connectivity index (χ1n) is 8.36. The molecule has 0 aliphatic carbocycles. The van der Waals surface area contributed by atoms with Gasteiger partial charge in [-0.3, -0.25) is 4.79 Å². The maximum Gasteiger partial charge on any atom is 0.275 e. The molecule has 2 aromatic carbocycles. The van der Waals surface area contributed by atoms with Crippen molar-refractivity contribution in [3.63, 3.8) is 0 Å². The van der Waals surface area contributed by atoms with Crippen LogP contribution in [0.5, 0.6) is 0 Å². The van der Waals surface area contributed by atoms with E-state index in [9.17, 15) is 4.79 Å². The first-order valence-corrected chi connectivity index (χ1v) is 8.36. The number of nitrogens with zero attached hydrogens (tertiary/aromatic N) is 1. The fourth-order valence-electron chi connectivity index (χ4n) is 3.27. The summed E-state index contributed by atoms with van der Waals surface area (Å²) in [5.41, 5.74) is 3.68. The Hall–Kier alpha value is -3.66. The molecule has 0 atom stereocenters. The molecule has 0 spiro atoms. The van der Waals surface area contributed by atoms with E-state index >= 15 is 0 Å². The number of rotatable bonds is 2. The van der Waals surface area contributed by atoms with E-state index in [2.05, 4.69) is 16.0 Å². The highest BCUT2D eigenvalue weighted by Gasteiger charge is 2.13. The van der Waals surface area contributed by atoms with Gasteiger partial charge in [0.1, 0.15) is 5.76 Å². The van der Waals surface area contributed by atoms with Crippen molar-refractivity contribution in [3.8, 4) is 22.6 Å². The lowest BCUT2D eigenvalue weighted by molar-refractivity contribution is 0.607. The second-order valence-corrected chi connectivity index (χ2v) is 6.17. The minimum Gasteiger partial charge on any atom is -0.438 e. The van der Waals surface area contributed by atoms with E-state index in [1.165, 1.54) is 6.07 Å². The third-order valence-corrected chi connectivity index (χ3v) is 4.46. The molecule has 4 heteroatoms. The van der Waals surface area contributed by atoms with Crippen molar-refractivity contribution >= 4 is 22.0 Å². The van der Waals surface area contributed by atoms with Gasteiger partial charge in [0.2, 0.25) is 5.71 Å². The fourth-order valence-corrected chi connectivity index (χ4v) is 3.27. The van der Waals surface area contributed by atoms with Crippen molar-refractivity contribution < 1.29 is 4.42 Å². The fraction of sp³-hybridized carbons (Fsp3) is 0. The predicted molar refractivity (Wildman–Crippen MR) is 103 cm³/mol. The Morgan fingerprint density at radius 3 is 2.23 bits per heavy atom. The van der Waals surface area contributed by atoms with Crippen LogP contribution in [0.15, 0.2) is 88.1 Å². The number of benzene rings is 2. The largest absolute Gasteiger partial charge is 0.438 e. The van der Waals surface area contributed by atoms with Crippen LogP contribution in [0.25, 0.3) is 44.6 Å². The Morgan fingerprint density at radius 1 is 0.808 bits per heavy atom.